The molecule has 1 fully saturated rings. The number of fused-ring (bicyclic) bond motifs is 2. The molecule has 0 amide bonds. The summed E-state index contributed by atoms with van der Waals surface area (Å²) in [5.74, 6) is 1.14. The van der Waals surface area contributed by atoms with E-state index >= 15 is 0 Å². The van der Waals surface area contributed by atoms with Crippen LogP contribution in [-0.2, 0) is 18.0 Å². The Labute approximate surface area is 144 Å². The normalized spacial score (nSPS) is 23.1. The van der Waals surface area contributed by atoms with Crippen molar-refractivity contribution in [1.29, 1.82) is 0 Å². The highest BCUT2D eigenvalue weighted by Gasteiger charge is 2.44. The van der Waals surface area contributed by atoms with Crippen molar-refractivity contribution in [1.82, 2.24) is 15.0 Å². The summed E-state index contributed by atoms with van der Waals surface area (Å²) in [5, 5.41) is 0. The molecule has 0 saturated carbocycles. The molecule has 4 nitrogen and oxygen atoms in total. The summed E-state index contributed by atoms with van der Waals surface area (Å²) in [7, 11) is 0. The van der Waals surface area contributed by atoms with E-state index in [1.807, 2.05) is 18.0 Å². The van der Waals surface area contributed by atoms with Crippen LogP contribution in [0.3, 0.4) is 0 Å². The Balaban J connectivity index is 1.66. The van der Waals surface area contributed by atoms with Gasteiger partial charge in [0.2, 0.25) is 0 Å². The van der Waals surface area contributed by atoms with Crippen LogP contribution < -0.4 is 4.90 Å². The zero-order valence-electron chi connectivity index (χ0n) is 14.0. The maximum absolute atomic E-state index is 13.0. The second kappa shape index (κ2) is 5.68. The summed E-state index contributed by atoms with van der Waals surface area (Å²) in [6, 6.07) is 2.17. The second-order valence-electron chi connectivity index (χ2n) is 7.00. The van der Waals surface area contributed by atoms with Gasteiger partial charge in [-0.3, -0.25) is 0 Å². The van der Waals surface area contributed by atoms with Crippen molar-refractivity contribution in [3.8, 4) is 0 Å². The number of anilines is 1. The molecule has 0 bridgehead atoms. The predicted octanol–water partition coefficient (Wildman–Crippen LogP) is 3.68. The molecule has 1 aliphatic carbocycles. The van der Waals surface area contributed by atoms with Crippen LogP contribution in [0.15, 0.2) is 24.5 Å². The molecule has 0 aromatic carbocycles. The number of nitrogens with zero attached hydrogens (tertiary/aromatic N) is 4. The van der Waals surface area contributed by atoms with Crippen molar-refractivity contribution >= 4 is 5.82 Å². The number of rotatable bonds is 1. The maximum Gasteiger partial charge on any atom is 0.416 e. The molecule has 132 valence electrons. The minimum absolute atomic E-state index is 0.1000. The van der Waals surface area contributed by atoms with Gasteiger partial charge < -0.3 is 4.90 Å². The number of alkyl halides is 3. The average Bonchev–Trinajstić information content (AvgIpc) is 2.92. The van der Waals surface area contributed by atoms with Crippen molar-refractivity contribution in [3.05, 3.63) is 47.2 Å². The fourth-order valence-corrected chi connectivity index (χ4v) is 4.12. The van der Waals surface area contributed by atoms with E-state index in [4.69, 9.17) is 0 Å². The first kappa shape index (κ1) is 16.3. The summed E-state index contributed by atoms with van der Waals surface area (Å²) in [5.41, 5.74) is 1.50. The Hall–Kier alpha value is -2.18. The van der Waals surface area contributed by atoms with Gasteiger partial charge in [-0.25, -0.2) is 15.0 Å². The number of aryl methyl sites for hydroxylation is 2. The van der Waals surface area contributed by atoms with Crippen LogP contribution in [0.1, 0.15) is 41.9 Å². The van der Waals surface area contributed by atoms with Crippen LogP contribution in [0.5, 0.6) is 0 Å². The molecule has 2 aliphatic rings. The van der Waals surface area contributed by atoms with E-state index in [0.717, 1.165) is 55.9 Å². The van der Waals surface area contributed by atoms with Gasteiger partial charge in [-0.05, 0) is 50.3 Å². The minimum atomic E-state index is -4.35. The largest absolute Gasteiger partial charge is 0.416 e. The standard InChI is InChI=1S/C18H19F3N4/c1-12-23-10-13-3-6-17(16(13)24-12)5-2-8-25(11-17)15-9-14(4-7-22-15)18(19,20)21/h4,7,9-10H,2-3,5-6,8,11H2,1H3. The Morgan fingerprint density at radius 3 is 2.84 bits per heavy atom. The van der Waals surface area contributed by atoms with Crippen LogP contribution in [0.4, 0.5) is 19.0 Å². The van der Waals surface area contributed by atoms with Crippen molar-refractivity contribution in [2.45, 2.75) is 44.2 Å². The van der Waals surface area contributed by atoms with Crippen LogP contribution >= 0.6 is 0 Å². The highest BCUT2D eigenvalue weighted by Crippen LogP contribution is 2.44. The molecule has 0 N–H and O–H groups in total. The first-order valence-electron chi connectivity index (χ1n) is 8.49. The van der Waals surface area contributed by atoms with E-state index in [1.165, 1.54) is 11.8 Å². The van der Waals surface area contributed by atoms with Gasteiger partial charge in [0.05, 0.1) is 11.3 Å². The summed E-state index contributed by atoms with van der Waals surface area (Å²) in [6.45, 7) is 3.25. The monoisotopic (exact) mass is 348 g/mol. The number of piperidine rings is 1. The first-order chi connectivity index (χ1) is 11.9. The lowest BCUT2D eigenvalue weighted by Crippen LogP contribution is -2.46. The van der Waals surface area contributed by atoms with Crippen LogP contribution in [0.25, 0.3) is 0 Å². The fraction of sp³-hybridized carbons (Fsp3) is 0.500. The molecule has 1 unspecified atom stereocenters. The lowest BCUT2D eigenvalue weighted by atomic mass is 9.77. The van der Waals surface area contributed by atoms with Crippen LogP contribution in [0.2, 0.25) is 0 Å². The van der Waals surface area contributed by atoms with Crippen molar-refractivity contribution in [3.63, 3.8) is 0 Å². The van der Waals surface area contributed by atoms with E-state index in [9.17, 15) is 13.2 Å². The van der Waals surface area contributed by atoms with Gasteiger partial charge >= 0.3 is 6.18 Å². The third kappa shape index (κ3) is 2.85. The molecule has 1 atom stereocenters. The number of hydrogen-bond donors (Lipinski definition) is 0. The first-order valence-corrected chi connectivity index (χ1v) is 8.49. The average molecular weight is 348 g/mol. The van der Waals surface area contributed by atoms with Crippen LogP contribution in [0, 0.1) is 6.92 Å². The van der Waals surface area contributed by atoms with E-state index in [2.05, 4.69) is 15.0 Å². The Morgan fingerprint density at radius 2 is 2.04 bits per heavy atom. The number of pyridine rings is 1. The smallest absolute Gasteiger partial charge is 0.356 e. The highest BCUT2D eigenvalue weighted by atomic mass is 19.4. The molecule has 2 aromatic heterocycles. The van der Waals surface area contributed by atoms with E-state index in [0.29, 0.717) is 12.4 Å². The van der Waals surface area contributed by atoms with Gasteiger partial charge in [0.1, 0.15) is 11.6 Å². The molecule has 2 aromatic rings. The SMILES string of the molecule is Cc1ncc2c(n1)C1(CCCN(c3cc(C(F)(F)F)ccn3)C1)CC2. The van der Waals surface area contributed by atoms with E-state index in [1.54, 1.807) is 0 Å². The summed E-state index contributed by atoms with van der Waals surface area (Å²) < 4.78 is 39.0. The van der Waals surface area contributed by atoms with Gasteiger partial charge in [-0.15, -0.1) is 0 Å². The van der Waals surface area contributed by atoms with Gasteiger partial charge in [-0.1, -0.05) is 0 Å². The number of hydrogen-bond acceptors (Lipinski definition) is 4. The molecular formula is C18H19F3N4. The Bertz CT molecular complexity index is 801. The molecule has 25 heavy (non-hydrogen) atoms. The number of halogens is 3. The quantitative estimate of drug-likeness (QED) is 0.788. The molecule has 1 aliphatic heterocycles. The molecular weight excluding hydrogens is 329 g/mol. The van der Waals surface area contributed by atoms with E-state index in [-0.39, 0.29) is 5.41 Å². The fourth-order valence-electron chi connectivity index (χ4n) is 4.12. The summed E-state index contributed by atoms with van der Waals surface area (Å²) in [4.78, 5) is 15.1. The predicted molar refractivity (Wildman–Crippen MR) is 87.5 cm³/mol. The second-order valence-corrected chi connectivity index (χ2v) is 7.00. The molecule has 3 heterocycles. The zero-order valence-corrected chi connectivity index (χ0v) is 14.0. The van der Waals surface area contributed by atoms with Gasteiger partial charge in [-0.2, -0.15) is 13.2 Å². The Morgan fingerprint density at radius 1 is 1.20 bits per heavy atom. The third-order valence-corrected chi connectivity index (χ3v) is 5.33. The maximum atomic E-state index is 13.0. The van der Waals surface area contributed by atoms with E-state index < -0.39 is 11.7 Å². The zero-order chi connectivity index (χ0) is 17.7. The van der Waals surface area contributed by atoms with Crippen molar-refractivity contribution in [2.75, 3.05) is 18.0 Å². The summed E-state index contributed by atoms with van der Waals surface area (Å²) >= 11 is 0. The third-order valence-electron chi connectivity index (χ3n) is 5.33. The van der Waals surface area contributed by atoms with Crippen molar-refractivity contribution in [2.24, 2.45) is 0 Å². The Kier molecular flexibility index (Phi) is 3.70. The molecule has 4 rings (SSSR count). The van der Waals surface area contributed by atoms with Gasteiger partial charge in [0.25, 0.3) is 0 Å². The molecule has 7 heteroatoms. The lowest BCUT2D eigenvalue weighted by Gasteiger charge is -2.41. The van der Waals surface area contributed by atoms with Gasteiger partial charge in [0.15, 0.2) is 0 Å². The number of aromatic nitrogens is 3. The van der Waals surface area contributed by atoms with Gasteiger partial charge in [0, 0.05) is 30.9 Å². The van der Waals surface area contributed by atoms with Crippen molar-refractivity contribution < 1.29 is 13.2 Å². The summed E-state index contributed by atoms with van der Waals surface area (Å²) in [6.07, 6.45) is 2.61. The molecule has 1 spiro atoms. The lowest BCUT2D eigenvalue weighted by molar-refractivity contribution is -0.137. The minimum Gasteiger partial charge on any atom is -0.356 e. The molecule has 0 radical (unpaired) electrons. The highest BCUT2D eigenvalue weighted by molar-refractivity contribution is 5.45. The van der Waals surface area contributed by atoms with Crippen LogP contribution in [-0.4, -0.2) is 28.0 Å². The molecule has 1 saturated heterocycles. The topological polar surface area (TPSA) is 41.9 Å².